The first kappa shape index (κ1) is 23.3. The van der Waals surface area contributed by atoms with Crippen LogP contribution in [0.1, 0.15) is 41.5 Å². The van der Waals surface area contributed by atoms with Crippen molar-refractivity contribution in [3.63, 3.8) is 0 Å². The van der Waals surface area contributed by atoms with E-state index in [9.17, 15) is 0 Å². The quantitative estimate of drug-likeness (QED) is 0.228. The van der Waals surface area contributed by atoms with E-state index in [1.807, 2.05) is 6.08 Å². The molecule has 0 aliphatic heterocycles. The van der Waals surface area contributed by atoms with Gasteiger partial charge in [0.25, 0.3) is 0 Å². The third-order valence-corrected chi connectivity index (χ3v) is 10.2. The van der Waals surface area contributed by atoms with E-state index in [-0.39, 0.29) is 17.2 Å². The maximum Gasteiger partial charge on any atom is 0.192 e. The fraction of sp³-hybridized carbons (Fsp3) is 0.789. The van der Waals surface area contributed by atoms with Crippen LogP contribution in [-0.2, 0) is 9.16 Å². The summed E-state index contributed by atoms with van der Waals surface area (Å²) in [7, 11) is -0.0383. The summed E-state index contributed by atoms with van der Waals surface area (Å²) >= 11 is 2.27. The molecule has 2 nitrogen and oxygen atoms in total. The second-order valence-electron chi connectivity index (χ2n) is 8.17. The lowest BCUT2D eigenvalue weighted by molar-refractivity contribution is -0.0301. The molecular weight excluding hydrogens is 415 g/mol. The van der Waals surface area contributed by atoms with Crippen LogP contribution < -0.4 is 0 Å². The number of methoxy groups -OCH3 is 1. The molecule has 0 amide bonds. The van der Waals surface area contributed by atoms with E-state index in [0.717, 1.165) is 0 Å². The lowest BCUT2D eigenvalue weighted by Crippen LogP contribution is -2.49. The van der Waals surface area contributed by atoms with E-state index in [1.165, 1.54) is 0 Å². The molecule has 136 valence electrons. The molecule has 0 aromatic carbocycles. The minimum Gasteiger partial charge on any atom is -0.413 e. The summed E-state index contributed by atoms with van der Waals surface area (Å²) in [4.78, 5) is 0. The number of halogens is 1. The summed E-state index contributed by atoms with van der Waals surface area (Å²) in [6.07, 6.45) is 4.48. The normalized spacial score (nSPS) is 20.1. The van der Waals surface area contributed by atoms with Crippen molar-refractivity contribution in [3.8, 4) is 0 Å². The fourth-order valence-corrected chi connectivity index (χ4v) is 4.78. The van der Waals surface area contributed by atoms with Crippen molar-refractivity contribution in [2.45, 2.75) is 71.9 Å². The Morgan fingerprint density at radius 1 is 1.04 bits per heavy atom. The summed E-state index contributed by atoms with van der Waals surface area (Å²) in [6, 6.07) is 0. The van der Waals surface area contributed by atoms with E-state index >= 15 is 0 Å². The van der Waals surface area contributed by atoms with Crippen LogP contribution >= 0.6 is 22.6 Å². The first-order chi connectivity index (χ1) is 10.4. The minimum atomic E-state index is -1.84. The maximum absolute atomic E-state index is 6.79. The molecule has 23 heavy (non-hydrogen) atoms. The van der Waals surface area contributed by atoms with Gasteiger partial charge < -0.3 is 9.16 Å². The number of hydrogen-bond acceptors (Lipinski definition) is 2. The zero-order valence-corrected chi connectivity index (χ0v) is 19.7. The standard InChI is InChI=1S/C19H37IO2Si/c1-11-14(2)18(22-23(9,10)19(5,6)7)16(4)17(21-8)15(3)12-13-20/h11-18H,1H2,2-10H3/b13-12+/t14-,15-,16-,17-,18-/m0/s1. The molecule has 0 saturated carbocycles. The number of ether oxygens (including phenoxy) is 1. The number of rotatable bonds is 9. The van der Waals surface area contributed by atoms with Crippen LogP contribution in [0.5, 0.6) is 0 Å². The van der Waals surface area contributed by atoms with Crippen molar-refractivity contribution in [1.29, 1.82) is 0 Å². The predicted molar refractivity (Wildman–Crippen MR) is 114 cm³/mol. The molecule has 0 spiro atoms. The van der Waals surface area contributed by atoms with Crippen LogP contribution in [-0.4, -0.2) is 27.6 Å². The second kappa shape index (κ2) is 9.73. The zero-order valence-electron chi connectivity index (χ0n) is 16.5. The molecule has 0 aliphatic rings. The topological polar surface area (TPSA) is 18.5 Å². The second-order valence-corrected chi connectivity index (χ2v) is 13.7. The van der Waals surface area contributed by atoms with Gasteiger partial charge in [0.2, 0.25) is 0 Å². The largest absolute Gasteiger partial charge is 0.413 e. The monoisotopic (exact) mass is 452 g/mol. The smallest absolute Gasteiger partial charge is 0.192 e. The first-order valence-corrected chi connectivity index (χ1v) is 12.7. The van der Waals surface area contributed by atoms with Crippen molar-refractivity contribution in [2.75, 3.05) is 7.11 Å². The van der Waals surface area contributed by atoms with E-state index in [4.69, 9.17) is 9.16 Å². The molecule has 0 aromatic rings. The van der Waals surface area contributed by atoms with Gasteiger partial charge in [-0.15, -0.1) is 6.58 Å². The molecule has 0 aromatic heterocycles. The van der Waals surface area contributed by atoms with Gasteiger partial charge in [-0.1, -0.05) is 76.3 Å². The Morgan fingerprint density at radius 2 is 1.57 bits per heavy atom. The van der Waals surface area contributed by atoms with Gasteiger partial charge in [0.1, 0.15) is 0 Å². The molecule has 0 rings (SSSR count). The van der Waals surface area contributed by atoms with Gasteiger partial charge in [0.15, 0.2) is 8.32 Å². The summed E-state index contributed by atoms with van der Waals surface area (Å²) in [5.74, 6) is 0.951. The van der Waals surface area contributed by atoms with Gasteiger partial charge in [0.05, 0.1) is 12.2 Å². The van der Waals surface area contributed by atoms with Gasteiger partial charge in [-0.05, 0) is 28.1 Å². The summed E-state index contributed by atoms with van der Waals surface area (Å²) in [6.45, 7) is 22.2. The van der Waals surface area contributed by atoms with Crippen molar-refractivity contribution < 1.29 is 9.16 Å². The molecule has 0 heterocycles. The van der Waals surface area contributed by atoms with Crippen molar-refractivity contribution >= 4 is 30.9 Å². The Labute approximate surface area is 159 Å². The van der Waals surface area contributed by atoms with Gasteiger partial charge in [-0.2, -0.15) is 0 Å². The first-order valence-electron chi connectivity index (χ1n) is 8.53. The molecule has 0 fully saturated rings. The molecule has 0 saturated heterocycles. The predicted octanol–water partition coefficient (Wildman–Crippen LogP) is 6.43. The van der Waals surface area contributed by atoms with Crippen molar-refractivity contribution in [3.05, 3.63) is 22.8 Å². The Balaban J connectivity index is 5.50. The SMILES string of the molecule is C=C[C@H](C)[C@H](O[Si](C)(C)C(C)(C)C)[C@@H](C)[C@@H](OC)[C@@H](C)/C=C/I. The highest BCUT2D eigenvalue weighted by Crippen LogP contribution is 2.40. The lowest BCUT2D eigenvalue weighted by Gasteiger charge is -2.44. The molecule has 4 heteroatoms. The van der Waals surface area contributed by atoms with Crippen molar-refractivity contribution in [1.82, 2.24) is 0 Å². The Hall–Kier alpha value is 0.347. The van der Waals surface area contributed by atoms with Crippen LogP contribution in [0.2, 0.25) is 18.1 Å². The molecular formula is C19H37IO2Si. The van der Waals surface area contributed by atoms with E-state index < -0.39 is 8.32 Å². The average molecular weight is 452 g/mol. The molecule has 0 unspecified atom stereocenters. The molecule has 0 aliphatic carbocycles. The van der Waals surface area contributed by atoms with Crippen LogP contribution in [0, 0.1) is 17.8 Å². The number of hydrogen-bond donors (Lipinski definition) is 0. The highest BCUT2D eigenvalue weighted by atomic mass is 127. The summed E-state index contributed by atoms with van der Waals surface area (Å²) < 4.78 is 14.7. The van der Waals surface area contributed by atoms with Crippen LogP contribution in [0.15, 0.2) is 22.8 Å². The Bertz CT molecular complexity index is 387. The molecule has 0 N–H and O–H groups in total. The highest BCUT2D eigenvalue weighted by molar-refractivity contribution is 14.1. The van der Waals surface area contributed by atoms with Crippen LogP contribution in [0.3, 0.4) is 0 Å². The Kier molecular flexibility index (Phi) is 9.88. The summed E-state index contributed by atoms with van der Waals surface area (Å²) in [5, 5.41) is 0.197. The molecule has 5 atom stereocenters. The van der Waals surface area contributed by atoms with Gasteiger partial charge in [-0.25, -0.2) is 0 Å². The Morgan fingerprint density at radius 3 is 1.91 bits per heavy atom. The van der Waals surface area contributed by atoms with Gasteiger partial charge in [-0.3, -0.25) is 0 Å². The van der Waals surface area contributed by atoms with Crippen LogP contribution in [0.25, 0.3) is 0 Å². The minimum absolute atomic E-state index is 0.128. The maximum atomic E-state index is 6.79. The highest BCUT2D eigenvalue weighted by Gasteiger charge is 2.42. The van der Waals surface area contributed by atoms with E-state index in [1.54, 1.807) is 7.11 Å². The van der Waals surface area contributed by atoms with E-state index in [2.05, 4.69) is 94.0 Å². The van der Waals surface area contributed by atoms with Crippen LogP contribution in [0.4, 0.5) is 0 Å². The van der Waals surface area contributed by atoms with Gasteiger partial charge >= 0.3 is 0 Å². The average Bonchev–Trinajstić information content (AvgIpc) is 2.43. The molecule has 0 bridgehead atoms. The lowest BCUT2D eigenvalue weighted by atomic mass is 9.84. The van der Waals surface area contributed by atoms with Crippen molar-refractivity contribution in [2.24, 2.45) is 17.8 Å². The third kappa shape index (κ3) is 6.63. The third-order valence-electron chi connectivity index (χ3n) is 5.33. The molecule has 0 radical (unpaired) electrons. The fourth-order valence-electron chi connectivity index (χ4n) is 2.66. The zero-order chi connectivity index (χ0) is 18.4. The van der Waals surface area contributed by atoms with E-state index in [0.29, 0.717) is 17.8 Å². The van der Waals surface area contributed by atoms with Gasteiger partial charge in [0, 0.05) is 18.9 Å². The summed E-state index contributed by atoms with van der Waals surface area (Å²) in [5.41, 5.74) is 0.